The van der Waals surface area contributed by atoms with Crippen LogP contribution in [0.3, 0.4) is 0 Å². The first kappa shape index (κ1) is 20.2. The Hall–Kier alpha value is -2.53. The van der Waals surface area contributed by atoms with Crippen LogP contribution in [-0.4, -0.2) is 41.5 Å². The maximum Gasteiger partial charge on any atom is 0.215 e. The van der Waals surface area contributed by atoms with Crippen molar-refractivity contribution in [1.82, 2.24) is 14.8 Å². The van der Waals surface area contributed by atoms with E-state index in [4.69, 9.17) is 10.5 Å². The Morgan fingerprint density at radius 2 is 2.07 bits per heavy atom. The molecule has 0 radical (unpaired) electrons. The molecule has 2 N–H and O–H groups in total. The molecular formula is C23H32N4O. The molecule has 3 rings (SSSR count). The molecule has 28 heavy (non-hydrogen) atoms. The van der Waals surface area contributed by atoms with Crippen molar-refractivity contribution in [3.8, 4) is 5.88 Å². The van der Waals surface area contributed by atoms with Gasteiger partial charge in [0.25, 0.3) is 0 Å². The molecular weight excluding hydrogens is 348 g/mol. The largest absolute Gasteiger partial charge is 0.481 e. The van der Waals surface area contributed by atoms with Gasteiger partial charge in [0.2, 0.25) is 5.88 Å². The Morgan fingerprint density at radius 1 is 1.29 bits per heavy atom. The predicted octanol–water partition coefficient (Wildman–Crippen LogP) is 4.11. The van der Waals surface area contributed by atoms with E-state index in [2.05, 4.69) is 60.3 Å². The number of hydrogen-bond acceptors (Lipinski definition) is 5. The summed E-state index contributed by atoms with van der Waals surface area (Å²) in [7, 11) is 1.62. The summed E-state index contributed by atoms with van der Waals surface area (Å²) < 4.78 is 5.27. The number of rotatable bonds is 6. The Kier molecular flexibility index (Phi) is 6.25. The third-order valence-corrected chi connectivity index (χ3v) is 5.46. The van der Waals surface area contributed by atoms with Crippen molar-refractivity contribution in [2.75, 3.05) is 32.5 Å². The molecule has 1 atom stereocenters. The number of anilines is 1. The maximum absolute atomic E-state index is 5.94. The number of hydrogen-bond donors (Lipinski definition) is 1. The molecule has 0 spiro atoms. The minimum atomic E-state index is 0.297. The lowest BCUT2D eigenvalue weighted by Crippen LogP contribution is -2.46. The maximum atomic E-state index is 5.94. The van der Waals surface area contributed by atoms with Gasteiger partial charge in [0.15, 0.2) is 0 Å². The molecule has 150 valence electrons. The molecule has 0 amide bonds. The third-order valence-electron chi connectivity index (χ3n) is 5.46. The normalized spacial score (nSPS) is 17.8. The van der Waals surface area contributed by atoms with Gasteiger partial charge in [-0.25, -0.2) is 0 Å². The van der Waals surface area contributed by atoms with E-state index in [1.165, 1.54) is 16.7 Å². The van der Waals surface area contributed by atoms with E-state index >= 15 is 0 Å². The standard InChI is InChI=1S/C23H32N4O/c1-6-27-10-9-26(14-18-12-22(24)25-23(13-18)28-5)15-21(27)19-8-7-17(4)11-20(19)16(2)3/h6-8,11-13,16,21H,1,9-10,14-15H2,2-5H3,(H2,24,25). The quantitative estimate of drug-likeness (QED) is 0.817. The second kappa shape index (κ2) is 8.65. The van der Waals surface area contributed by atoms with Crippen molar-refractivity contribution in [2.45, 2.75) is 39.3 Å². The van der Waals surface area contributed by atoms with Crippen LogP contribution in [0.25, 0.3) is 0 Å². The fourth-order valence-corrected chi connectivity index (χ4v) is 4.03. The molecule has 1 aliphatic rings. The van der Waals surface area contributed by atoms with Crippen molar-refractivity contribution >= 4 is 5.82 Å². The molecule has 2 heterocycles. The summed E-state index contributed by atoms with van der Waals surface area (Å²) in [6.07, 6.45) is 1.99. The van der Waals surface area contributed by atoms with E-state index in [0.717, 1.165) is 31.7 Å². The molecule has 1 fully saturated rings. The summed E-state index contributed by atoms with van der Waals surface area (Å²) in [5.41, 5.74) is 11.2. The second-order valence-electron chi connectivity index (χ2n) is 7.90. The Labute approximate surface area is 168 Å². The second-order valence-corrected chi connectivity index (χ2v) is 7.90. The number of benzene rings is 1. The highest BCUT2D eigenvalue weighted by Gasteiger charge is 2.28. The van der Waals surface area contributed by atoms with E-state index < -0.39 is 0 Å². The first-order chi connectivity index (χ1) is 13.4. The Morgan fingerprint density at radius 3 is 2.75 bits per heavy atom. The lowest BCUT2D eigenvalue weighted by Gasteiger charge is -2.42. The van der Waals surface area contributed by atoms with E-state index in [1.54, 1.807) is 7.11 Å². The molecule has 0 aliphatic carbocycles. The van der Waals surface area contributed by atoms with Crippen LogP contribution in [0.4, 0.5) is 5.82 Å². The van der Waals surface area contributed by atoms with Gasteiger partial charge in [-0.1, -0.05) is 44.2 Å². The Bertz CT molecular complexity index is 833. The summed E-state index contributed by atoms with van der Waals surface area (Å²) >= 11 is 0. The highest BCUT2D eigenvalue weighted by molar-refractivity contribution is 5.38. The highest BCUT2D eigenvalue weighted by Crippen LogP contribution is 2.33. The summed E-state index contributed by atoms with van der Waals surface area (Å²) in [5.74, 6) is 1.55. The summed E-state index contributed by atoms with van der Waals surface area (Å²) in [6, 6.07) is 11.0. The number of ether oxygens (including phenoxy) is 1. The molecule has 5 nitrogen and oxygen atoms in total. The van der Waals surface area contributed by atoms with E-state index in [1.807, 2.05) is 18.3 Å². The molecule has 1 aromatic heterocycles. The SMILES string of the molecule is C=CN1CCN(Cc2cc(N)nc(OC)c2)CC1c1ccc(C)cc1C(C)C. The van der Waals surface area contributed by atoms with Crippen LogP contribution in [0, 0.1) is 6.92 Å². The van der Waals surface area contributed by atoms with Crippen molar-refractivity contribution in [1.29, 1.82) is 0 Å². The lowest BCUT2D eigenvalue weighted by atomic mass is 9.89. The van der Waals surface area contributed by atoms with Gasteiger partial charge in [0, 0.05) is 32.2 Å². The molecule has 1 aromatic carbocycles. The summed E-state index contributed by atoms with van der Waals surface area (Å²) in [5, 5.41) is 0. The minimum absolute atomic E-state index is 0.297. The fourth-order valence-electron chi connectivity index (χ4n) is 4.03. The van der Waals surface area contributed by atoms with Gasteiger partial charge in [-0.2, -0.15) is 4.98 Å². The number of nitrogens with two attached hydrogens (primary N) is 1. The van der Waals surface area contributed by atoms with Gasteiger partial charge in [0.1, 0.15) is 5.82 Å². The van der Waals surface area contributed by atoms with Crippen LogP contribution in [0.2, 0.25) is 0 Å². The molecule has 2 aromatic rings. The van der Waals surface area contributed by atoms with Crippen molar-refractivity contribution in [2.24, 2.45) is 0 Å². The number of pyridine rings is 1. The van der Waals surface area contributed by atoms with Gasteiger partial charge in [-0.3, -0.25) is 4.90 Å². The first-order valence-corrected chi connectivity index (χ1v) is 9.92. The summed E-state index contributed by atoms with van der Waals surface area (Å²) in [6.45, 7) is 14.5. The molecule has 1 aliphatic heterocycles. The van der Waals surface area contributed by atoms with Gasteiger partial charge in [-0.15, -0.1) is 0 Å². The van der Waals surface area contributed by atoms with Crippen LogP contribution in [0.1, 0.15) is 48.1 Å². The number of nitrogen functional groups attached to an aromatic ring is 1. The minimum Gasteiger partial charge on any atom is -0.481 e. The average molecular weight is 381 g/mol. The van der Waals surface area contributed by atoms with Gasteiger partial charge in [0.05, 0.1) is 13.2 Å². The zero-order valence-electron chi connectivity index (χ0n) is 17.5. The number of aromatic nitrogens is 1. The summed E-state index contributed by atoms with van der Waals surface area (Å²) in [4.78, 5) is 9.03. The fraction of sp³-hybridized carbons (Fsp3) is 0.435. The van der Waals surface area contributed by atoms with Crippen LogP contribution in [0.5, 0.6) is 5.88 Å². The van der Waals surface area contributed by atoms with Crippen LogP contribution in [0.15, 0.2) is 43.1 Å². The zero-order valence-corrected chi connectivity index (χ0v) is 17.5. The Balaban J connectivity index is 1.86. The molecule has 5 heteroatoms. The van der Waals surface area contributed by atoms with Crippen molar-refractivity contribution < 1.29 is 4.74 Å². The molecule has 0 bridgehead atoms. The molecule has 1 unspecified atom stereocenters. The smallest absolute Gasteiger partial charge is 0.215 e. The van der Waals surface area contributed by atoms with E-state index in [-0.39, 0.29) is 0 Å². The lowest BCUT2D eigenvalue weighted by molar-refractivity contribution is 0.106. The van der Waals surface area contributed by atoms with Crippen molar-refractivity contribution in [3.63, 3.8) is 0 Å². The number of methoxy groups -OCH3 is 1. The van der Waals surface area contributed by atoms with Gasteiger partial charge in [-0.05, 0) is 41.8 Å². The van der Waals surface area contributed by atoms with Crippen LogP contribution < -0.4 is 10.5 Å². The van der Waals surface area contributed by atoms with Gasteiger partial charge >= 0.3 is 0 Å². The van der Waals surface area contributed by atoms with Crippen LogP contribution in [-0.2, 0) is 6.54 Å². The average Bonchev–Trinajstić information content (AvgIpc) is 2.67. The predicted molar refractivity (Wildman–Crippen MR) is 115 cm³/mol. The van der Waals surface area contributed by atoms with Gasteiger partial charge < -0.3 is 15.4 Å². The monoisotopic (exact) mass is 380 g/mol. The van der Waals surface area contributed by atoms with E-state index in [0.29, 0.717) is 23.7 Å². The van der Waals surface area contributed by atoms with Crippen molar-refractivity contribution in [3.05, 3.63) is 65.4 Å². The molecule has 1 saturated heterocycles. The zero-order chi connectivity index (χ0) is 20.3. The molecule has 0 saturated carbocycles. The first-order valence-electron chi connectivity index (χ1n) is 9.92. The number of nitrogens with zero attached hydrogens (tertiary/aromatic N) is 3. The number of aryl methyl sites for hydroxylation is 1. The van der Waals surface area contributed by atoms with E-state index in [9.17, 15) is 0 Å². The van der Waals surface area contributed by atoms with Crippen LogP contribution >= 0.6 is 0 Å². The highest BCUT2D eigenvalue weighted by atomic mass is 16.5. The topological polar surface area (TPSA) is 54.6 Å². The number of piperazine rings is 1. The third kappa shape index (κ3) is 4.47.